The molecular weight excluding hydrogens is 210 g/mol. The van der Waals surface area contributed by atoms with Crippen molar-refractivity contribution in [3.8, 4) is 0 Å². The van der Waals surface area contributed by atoms with Crippen LogP contribution in [-0.4, -0.2) is 10.4 Å². The van der Waals surface area contributed by atoms with Gasteiger partial charge in [-0.2, -0.15) is 0 Å². The molecule has 0 fully saturated rings. The number of aromatic nitrogens is 1. The van der Waals surface area contributed by atoms with Crippen LogP contribution in [0.1, 0.15) is 38.2 Å². The lowest BCUT2D eigenvalue weighted by Crippen LogP contribution is -2.02. The molecule has 0 spiro atoms. The molecule has 2 heteroatoms. The number of rotatable bonds is 4. The predicted molar refractivity (Wildman–Crippen MR) is 71.2 cm³/mol. The Morgan fingerprint density at radius 3 is 2.76 bits per heavy atom. The molecule has 1 aromatic carbocycles. The zero-order valence-electron chi connectivity index (χ0n) is 10.7. The van der Waals surface area contributed by atoms with E-state index in [1.54, 1.807) is 0 Å². The van der Waals surface area contributed by atoms with Crippen LogP contribution in [0.5, 0.6) is 0 Å². The molecule has 1 aromatic heterocycles. The van der Waals surface area contributed by atoms with Gasteiger partial charge in [-0.15, -0.1) is 0 Å². The Morgan fingerprint density at radius 2 is 2.06 bits per heavy atom. The minimum absolute atomic E-state index is 0.300. The van der Waals surface area contributed by atoms with Crippen molar-refractivity contribution < 1.29 is 4.79 Å². The summed E-state index contributed by atoms with van der Waals surface area (Å²) < 4.78 is 2.14. The Morgan fingerprint density at radius 1 is 1.35 bits per heavy atom. The normalized spacial score (nSPS) is 12.9. The summed E-state index contributed by atoms with van der Waals surface area (Å²) in [6.45, 7) is 4.06. The highest BCUT2D eigenvalue weighted by atomic mass is 16.1. The zero-order valence-corrected chi connectivity index (χ0v) is 10.7. The molecule has 2 rings (SSSR count). The molecule has 0 aliphatic heterocycles. The van der Waals surface area contributed by atoms with E-state index in [1.165, 1.54) is 16.5 Å². The van der Waals surface area contributed by atoms with Crippen LogP contribution in [0.4, 0.5) is 0 Å². The summed E-state index contributed by atoms with van der Waals surface area (Å²) in [5.74, 6) is 0.638. The number of fused-ring (bicyclic) bond motifs is 1. The van der Waals surface area contributed by atoms with Crippen LogP contribution in [0.25, 0.3) is 10.9 Å². The van der Waals surface area contributed by atoms with Crippen molar-refractivity contribution in [1.29, 1.82) is 0 Å². The second-order valence-corrected chi connectivity index (χ2v) is 4.71. The lowest BCUT2D eigenvalue weighted by Gasteiger charge is -2.08. The standard InChI is InChI=1S/C15H19NO/c1-4-12(17)9-11(2)14-10-16(3)15-8-6-5-7-13(14)15/h5-8,10-11H,4,9H2,1-3H3. The number of benzene rings is 1. The number of carbonyl (C=O) groups is 1. The quantitative estimate of drug-likeness (QED) is 0.784. The van der Waals surface area contributed by atoms with Gasteiger partial charge in [0.2, 0.25) is 0 Å². The third-order valence-electron chi connectivity index (χ3n) is 3.39. The molecule has 1 unspecified atom stereocenters. The van der Waals surface area contributed by atoms with Gasteiger partial charge in [0.15, 0.2) is 0 Å². The largest absolute Gasteiger partial charge is 0.350 e. The molecule has 1 atom stereocenters. The molecule has 90 valence electrons. The number of carbonyl (C=O) groups excluding carboxylic acids is 1. The van der Waals surface area contributed by atoms with E-state index in [2.05, 4.69) is 42.9 Å². The van der Waals surface area contributed by atoms with Crippen molar-refractivity contribution in [1.82, 2.24) is 4.57 Å². The fraction of sp³-hybridized carbons (Fsp3) is 0.400. The van der Waals surface area contributed by atoms with E-state index in [0.717, 1.165) is 0 Å². The number of hydrogen-bond acceptors (Lipinski definition) is 1. The highest BCUT2D eigenvalue weighted by Crippen LogP contribution is 2.29. The molecule has 1 heterocycles. The topological polar surface area (TPSA) is 22.0 Å². The number of aryl methyl sites for hydroxylation is 1. The van der Waals surface area contributed by atoms with Gasteiger partial charge in [0.05, 0.1) is 0 Å². The Balaban J connectivity index is 2.38. The summed E-state index contributed by atoms with van der Waals surface area (Å²) in [6.07, 6.45) is 3.43. The molecular formula is C15H19NO. The average molecular weight is 229 g/mol. The lowest BCUT2D eigenvalue weighted by atomic mass is 9.94. The van der Waals surface area contributed by atoms with Gasteiger partial charge >= 0.3 is 0 Å². The lowest BCUT2D eigenvalue weighted by molar-refractivity contribution is -0.119. The minimum Gasteiger partial charge on any atom is -0.350 e. The molecule has 2 aromatic rings. The van der Waals surface area contributed by atoms with Crippen molar-refractivity contribution in [2.75, 3.05) is 0 Å². The number of hydrogen-bond donors (Lipinski definition) is 0. The molecule has 0 aliphatic rings. The molecule has 0 aliphatic carbocycles. The Hall–Kier alpha value is -1.57. The Labute approximate surface area is 102 Å². The molecule has 0 saturated carbocycles. The van der Waals surface area contributed by atoms with Gasteiger partial charge in [-0.1, -0.05) is 32.0 Å². The van der Waals surface area contributed by atoms with Crippen LogP contribution in [-0.2, 0) is 11.8 Å². The summed E-state index contributed by atoms with van der Waals surface area (Å²) in [4.78, 5) is 11.5. The van der Waals surface area contributed by atoms with Gasteiger partial charge in [-0.25, -0.2) is 0 Å². The summed E-state index contributed by atoms with van der Waals surface area (Å²) >= 11 is 0. The summed E-state index contributed by atoms with van der Waals surface area (Å²) in [6, 6.07) is 8.36. The van der Waals surface area contributed by atoms with Crippen LogP contribution < -0.4 is 0 Å². The Bertz CT molecular complexity index is 539. The third-order valence-corrected chi connectivity index (χ3v) is 3.39. The number of nitrogens with zero attached hydrogens (tertiary/aromatic N) is 1. The van der Waals surface area contributed by atoms with Crippen molar-refractivity contribution >= 4 is 16.7 Å². The third kappa shape index (κ3) is 2.26. The van der Waals surface area contributed by atoms with Crippen LogP contribution in [0, 0.1) is 0 Å². The summed E-state index contributed by atoms with van der Waals surface area (Å²) in [5, 5.41) is 1.27. The number of para-hydroxylation sites is 1. The second kappa shape index (κ2) is 4.74. The van der Waals surface area contributed by atoms with E-state index >= 15 is 0 Å². The summed E-state index contributed by atoms with van der Waals surface area (Å²) in [5.41, 5.74) is 2.52. The van der Waals surface area contributed by atoms with Gasteiger partial charge in [0.1, 0.15) is 5.78 Å². The maximum Gasteiger partial charge on any atom is 0.133 e. The molecule has 0 amide bonds. The molecule has 17 heavy (non-hydrogen) atoms. The SMILES string of the molecule is CCC(=O)CC(C)c1cn(C)c2ccccc12. The molecule has 0 N–H and O–H groups in total. The number of ketones is 1. The first-order chi connectivity index (χ1) is 8.13. The smallest absolute Gasteiger partial charge is 0.133 e. The molecule has 0 radical (unpaired) electrons. The van der Waals surface area contributed by atoms with Gasteiger partial charge in [-0.3, -0.25) is 4.79 Å². The first-order valence-corrected chi connectivity index (χ1v) is 6.19. The first-order valence-electron chi connectivity index (χ1n) is 6.19. The minimum atomic E-state index is 0.300. The van der Waals surface area contributed by atoms with Crippen molar-refractivity contribution in [2.45, 2.75) is 32.6 Å². The van der Waals surface area contributed by atoms with E-state index in [0.29, 0.717) is 24.5 Å². The zero-order chi connectivity index (χ0) is 12.4. The Kier molecular flexibility index (Phi) is 3.32. The average Bonchev–Trinajstić information content (AvgIpc) is 2.67. The maximum atomic E-state index is 11.5. The monoisotopic (exact) mass is 229 g/mol. The second-order valence-electron chi connectivity index (χ2n) is 4.71. The predicted octanol–water partition coefficient (Wildman–Crippen LogP) is 3.65. The van der Waals surface area contributed by atoms with E-state index in [4.69, 9.17) is 0 Å². The van der Waals surface area contributed by atoms with Gasteiger partial charge < -0.3 is 4.57 Å². The molecule has 0 bridgehead atoms. The first kappa shape index (κ1) is 11.9. The molecule has 2 nitrogen and oxygen atoms in total. The highest BCUT2D eigenvalue weighted by Gasteiger charge is 2.15. The van der Waals surface area contributed by atoms with E-state index in [1.807, 2.05) is 13.0 Å². The van der Waals surface area contributed by atoms with Crippen molar-refractivity contribution in [3.05, 3.63) is 36.0 Å². The maximum absolute atomic E-state index is 11.5. The van der Waals surface area contributed by atoms with Gasteiger partial charge in [-0.05, 0) is 17.5 Å². The van der Waals surface area contributed by atoms with Crippen molar-refractivity contribution in [3.63, 3.8) is 0 Å². The van der Waals surface area contributed by atoms with Gasteiger partial charge in [0.25, 0.3) is 0 Å². The van der Waals surface area contributed by atoms with Crippen LogP contribution in [0.3, 0.4) is 0 Å². The van der Waals surface area contributed by atoms with Crippen LogP contribution in [0.15, 0.2) is 30.5 Å². The van der Waals surface area contributed by atoms with E-state index in [9.17, 15) is 4.79 Å². The highest BCUT2D eigenvalue weighted by molar-refractivity contribution is 5.86. The fourth-order valence-electron chi connectivity index (χ4n) is 2.36. The van der Waals surface area contributed by atoms with Crippen LogP contribution >= 0.6 is 0 Å². The molecule has 0 saturated heterocycles. The van der Waals surface area contributed by atoms with Crippen molar-refractivity contribution in [2.24, 2.45) is 7.05 Å². The number of Topliss-reactive ketones (excluding diaryl/α,β-unsaturated/α-hetero) is 1. The fourth-order valence-corrected chi connectivity index (χ4v) is 2.36. The summed E-state index contributed by atoms with van der Waals surface area (Å²) in [7, 11) is 2.06. The van der Waals surface area contributed by atoms with Crippen LogP contribution in [0.2, 0.25) is 0 Å². The van der Waals surface area contributed by atoms with E-state index < -0.39 is 0 Å². The van der Waals surface area contributed by atoms with E-state index in [-0.39, 0.29) is 0 Å². The van der Waals surface area contributed by atoms with Gasteiger partial charge in [0, 0.05) is 37.0 Å².